The predicted octanol–water partition coefficient (Wildman–Crippen LogP) is 3.49. The Morgan fingerprint density at radius 1 is 1.06 bits per heavy atom. The van der Waals surface area contributed by atoms with E-state index in [9.17, 15) is 4.79 Å². The van der Waals surface area contributed by atoms with Crippen molar-refractivity contribution in [2.45, 2.75) is 18.1 Å². The number of nitrogens with zero attached hydrogens (tertiary/aromatic N) is 3. The van der Waals surface area contributed by atoms with Gasteiger partial charge in [-0.25, -0.2) is 0 Å². The third kappa shape index (κ3) is 5.69. The molecular weight excluding hydrogens is 416 g/mol. The molecule has 0 aliphatic heterocycles. The summed E-state index contributed by atoms with van der Waals surface area (Å²) in [6.07, 6.45) is 0. The van der Waals surface area contributed by atoms with E-state index in [4.69, 9.17) is 14.2 Å². The Morgan fingerprint density at radius 2 is 1.77 bits per heavy atom. The van der Waals surface area contributed by atoms with E-state index in [1.807, 2.05) is 42.8 Å². The fraction of sp³-hybridized carbons (Fsp3) is 0.318. The third-order valence-electron chi connectivity index (χ3n) is 4.60. The SMILES string of the molecule is COc1ccc(C(=O)NC(C)c2nnc(SCCOc3ccccc3OC)n2C)cc1. The number of para-hydroxylation sites is 2. The predicted molar refractivity (Wildman–Crippen MR) is 119 cm³/mol. The molecule has 8 nitrogen and oxygen atoms in total. The van der Waals surface area contributed by atoms with Crippen LogP contribution in [0.15, 0.2) is 53.7 Å². The summed E-state index contributed by atoms with van der Waals surface area (Å²) in [5.41, 5.74) is 0.554. The third-order valence-corrected chi connectivity index (χ3v) is 5.58. The lowest BCUT2D eigenvalue weighted by atomic mass is 10.2. The van der Waals surface area contributed by atoms with Gasteiger partial charge < -0.3 is 24.1 Å². The van der Waals surface area contributed by atoms with Crippen LogP contribution in [-0.2, 0) is 7.05 Å². The molecule has 0 radical (unpaired) electrons. The number of thioether (sulfide) groups is 1. The average molecular weight is 443 g/mol. The fourth-order valence-electron chi connectivity index (χ4n) is 2.94. The number of benzene rings is 2. The van der Waals surface area contributed by atoms with E-state index >= 15 is 0 Å². The van der Waals surface area contributed by atoms with Crippen molar-refractivity contribution in [1.82, 2.24) is 20.1 Å². The summed E-state index contributed by atoms with van der Waals surface area (Å²) < 4.78 is 18.1. The van der Waals surface area contributed by atoms with Gasteiger partial charge in [0.25, 0.3) is 5.91 Å². The molecule has 164 valence electrons. The van der Waals surface area contributed by atoms with Gasteiger partial charge in [-0.3, -0.25) is 4.79 Å². The highest BCUT2D eigenvalue weighted by Crippen LogP contribution is 2.26. The number of nitrogens with one attached hydrogen (secondary N) is 1. The van der Waals surface area contributed by atoms with Gasteiger partial charge in [-0.1, -0.05) is 23.9 Å². The standard InChI is InChI=1S/C22H26N4O4S/c1-15(23-21(27)16-9-11-17(28-3)12-10-16)20-24-25-22(26(20)2)31-14-13-30-19-8-6-5-7-18(19)29-4/h5-12,15H,13-14H2,1-4H3,(H,23,27). The van der Waals surface area contributed by atoms with Crippen LogP contribution in [0.2, 0.25) is 0 Å². The quantitative estimate of drug-likeness (QED) is 0.380. The van der Waals surface area contributed by atoms with Gasteiger partial charge >= 0.3 is 0 Å². The minimum absolute atomic E-state index is 0.183. The Balaban J connectivity index is 1.53. The number of amides is 1. The first kappa shape index (κ1) is 22.5. The van der Waals surface area contributed by atoms with Crippen LogP contribution in [0, 0.1) is 0 Å². The van der Waals surface area contributed by atoms with Crippen molar-refractivity contribution in [3.8, 4) is 17.2 Å². The maximum absolute atomic E-state index is 12.5. The first-order valence-corrected chi connectivity index (χ1v) is 10.7. The number of carbonyl (C=O) groups excluding carboxylic acids is 1. The second kappa shape index (κ2) is 10.7. The monoisotopic (exact) mass is 442 g/mol. The number of ether oxygens (including phenoxy) is 3. The molecule has 0 fully saturated rings. The summed E-state index contributed by atoms with van der Waals surface area (Å²) in [5, 5.41) is 12.2. The van der Waals surface area contributed by atoms with Crippen LogP contribution in [0.3, 0.4) is 0 Å². The van der Waals surface area contributed by atoms with Crippen molar-refractivity contribution in [3.63, 3.8) is 0 Å². The Kier molecular flexibility index (Phi) is 7.77. The van der Waals surface area contributed by atoms with Crippen molar-refractivity contribution in [3.05, 3.63) is 59.9 Å². The van der Waals surface area contributed by atoms with Crippen molar-refractivity contribution in [1.29, 1.82) is 0 Å². The van der Waals surface area contributed by atoms with E-state index in [-0.39, 0.29) is 11.9 Å². The first-order chi connectivity index (χ1) is 15.0. The largest absolute Gasteiger partial charge is 0.497 e. The minimum atomic E-state index is -0.300. The van der Waals surface area contributed by atoms with Gasteiger partial charge in [0.1, 0.15) is 5.75 Å². The number of methoxy groups -OCH3 is 2. The number of rotatable bonds is 10. The summed E-state index contributed by atoms with van der Waals surface area (Å²) >= 11 is 1.53. The zero-order chi connectivity index (χ0) is 22.2. The summed E-state index contributed by atoms with van der Waals surface area (Å²) in [6, 6.07) is 14.2. The number of aromatic nitrogens is 3. The topological polar surface area (TPSA) is 87.5 Å². The van der Waals surface area contributed by atoms with E-state index in [1.165, 1.54) is 11.8 Å². The second-order valence-corrected chi connectivity index (χ2v) is 7.73. The molecule has 1 atom stereocenters. The van der Waals surface area contributed by atoms with Gasteiger partial charge in [-0.15, -0.1) is 10.2 Å². The van der Waals surface area contributed by atoms with E-state index in [0.717, 1.165) is 5.16 Å². The van der Waals surface area contributed by atoms with Crippen molar-refractivity contribution < 1.29 is 19.0 Å². The highest BCUT2D eigenvalue weighted by atomic mass is 32.2. The molecule has 3 rings (SSSR count). The molecule has 0 saturated heterocycles. The minimum Gasteiger partial charge on any atom is -0.497 e. The fourth-order valence-corrected chi connectivity index (χ4v) is 3.67. The summed E-state index contributed by atoms with van der Waals surface area (Å²) in [6.45, 7) is 2.38. The summed E-state index contributed by atoms with van der Waals surface area (Å²) in [7, 11) is 5.09. The van der Waals surface area contributed by atoms with Gasteiger partial charge in [0.05, 0.1) is 26.9 Å². The Labute approximate surface area is 185 Å². The van der Waals surface area contributed by atoms with Crippen molar-refractivity contribution in [2.75, 3.05) is 26.6 Å². The Morgan fingerprint density at radius 3 is 2.45 bits per heavy atom. The molecule has 1 N–H and O–H groups in total. The average Bonchev–Trinajstić information content (AvgIpc) is 3.17. The number of carbonyl (C=O) groups is 1. The molecule has 0 bridgehead atoms. The number of hydrogen-bond acceptors (Lipinski definition) is 7. The van der Waals surface area contributed by atoms with Crippen molar-refractivity contribution >= 4 is 17.7 Å². The molecule has 0 spiro atoms. The summed E-state index contributed by atoms with van der Waals surface area (Å²) in [4.78, 5) is 12.5. The molecule has 3 aromatic rings. The van der Waals surface area contributed by atoms with E-state index in [2.05, 4.69) is 15.5 Å². The van der Waals surface area contributed by atoms with Crippen LogP contribution < -0.4 is 19.5 Å². The van der Waals surface area contributed by atoms with Gasteiger partial charge in [0, 0.05) is 18.4 Å². The van der Waals surface area contributed by atoms with Crippen LogP contribution in [-0.4, -0.2) is 47.3 Å². The van der Waals surface area contributed by atoms with Crippen LogP contribution in [0.4, 0.5) is 0 Å². The van der Waals surface area contributed by atoms with Gasteiger partial charge in [0.15, 0.2) is 22.5 Å². The lowest BCUT2D eigenvalue weighted by Crippen LogP contribution is -2.28. The Hall–Kier alpha value is -3.20. The second-order valence-electron chi connectivity index (χ2n) is 6.67. The van der Waals surface area contributed by atoms with Crippen molar-refractivity contribution in [2.24, 2.45) is 7.05 Å². The zero-order valence-corrected chi connectivity index (χ0v) is 18.8. The van der Waals surface area contributed by atoms with Gasteiger partial charge in [-0.05, 0) is 43.3 Å². The molecule has 2 aromatic carbocycles. The maximum Gasteiger partial charge on any atom is 0.251 e. The molecule has 0 aliphatic carbocycles. The molecule has 9 heteroatoms. The molecule has 31 heavy (non-hydrogen) atoms. The summed E-state index contributed by atoms with van der Waals surface area (Å²) in [5.74, 6) is 3.30. The zero-order valence-electron chi connectivity index (χ0n) is 18.0. The molecule has 1 amide bonds. The highest BCUT2D eigenvalue weighted by Gasteiger charge is 2.18. The first-order valence-electron chi connectivity index (χ1n) is 9.76. The smallest absolute Gasteiger partial charge is 0.251 e. The van der Waals surface area contributed by atoms with E-state index in [1.54, 1.807) is 38.5 Å². The van der Waals surface area contributed by atoms with Crippen LogP contribution in [0.5, 0.6) is 17.2 Å². The molecule has 1 unspecified atom stereocenters. The van der Waals surface area contributed by atoms with Gasteiger partial charge in [0.2, 0.25) is 0 Å². The lowest BCUT2D eigenvalue weighted by Gasteiger charge is -2.14. The molecule has 1 heterocycles. The van der Waals surface area contributed by atoms with Crippen LogP contribution in [0.25, 0.3) is 0 Å². The highest BCUT2D eigenvalue weighted by molar-refractivity contribution is 7.99. The molecule has 0 saturated carbocycles. The number of hydrogen-bond donors (Lipinski definition) is 1. The van der Waals surface area contributed by atoms with Gasteiger partial charge in [-0.2, -0.15) is 0 Å². The molecule has 0 aliphatic rings. The van der Waals surface area contributed by atoms with Crippen LogP contribution in [0.1, 0.15) is 29.1 Å². The Bertz CT molecular complexity index is 1010. The van der Waals surface area contributed by atoms with Crippen LogP contribution >= 0.6 is 11.8 Å². The molecule has 1 aromatic heterocycles. The van der Waals surface area contributed by atoms with E-state index in [0.29, 0.717) is 41.0 Å². The molecular formula is C22H26N4O4S. The maximum atomic E-state index is 12.5. The van der Waals surface area contributed by atoms with E-state index < -0.39 is 0 Å². The normalized spacial score (nSPS) is 11.6. The lowest BCUT2D eigenvalue weighted by molar-refractivity contribution is 0.0937.